The molecule has 18 heavy (non-hydrogen) atoms. The summed E-state index contributed by atoms with van der Waals surface area (Å²) in [7, 11) is 0. The largest absolute Gasteiger partial charge is 0.358 e. The van der Waals surface area contributed by atoms with Crippen molar-refractivity contribution in [2.24, 2.45) is 0 Å². The van der Waals surface area contributed by atoms with Crippen LogP contribution in [0.5, 0.6) is 0 Å². The Morgan fingerprint density at radius 2 is 1.89 bits per heavy atom. The highest BCUT2D eigenvalue weighted by molar-refractivity contribution is 5.93. The van der Waals surface area contributed by atoms with Crippen LogP contribution in [-0.2, 0) is 16.1 Å². The Morgan fingerprint density at radius 3 is 2.50 bits per heavy atom. The lowest BCUT2D eigenvalue weighted by atomic mass is 10.1. The van der Waals surface area contributed by atoms with Crippen molar-refractivity contribution in [3.8, 4) is 23.7 Å². The highest BCUT2D eigenvalue weighted by Crippen LogP contribution is 2.11. The summed E-state index contributed by atoms with van der Waals surface area (Å²) in [6.07, 6.45) is 0. The highest BCUT2D eigenvalue weighted by atomic mass is 16.5. The summed E-state index contributed by atoms with van der Waals surface area (Å²) in [6.45, 7) is 5.66. The molecule has 0 radical (unpaired) electrons. The molecule has 0 saturated heterocycles. The number of ketones is 1. The molecule has 0 N–H and O–H groups in total. The molecule has 2 nitrogen and oxygen atoms in total. The first-order valence-corrected chi connectivity index (χ1v) is 5.71. The van der Waals surface area contributed by atoms with Gasteiger partial charge in [0.2, 0.25) is 5.78 Å². The Hall–Kier alpha value is -2.03. The van der Waals surface area contributed by atoms with Crippen molar-refractivity contribution >= 4 is 5.78 Å². The van der Waals surface area contributed by atoms with Crippen molar-refractivity contribution in [2.45, 2.75) is 33.0 Å². The van der Waals surface area contributed by atoms with Crippen LogP contribution in [-0.4, -0.2) is 11.4 Å². The van der Waals surface area contributed by atoms with Gasteiger partial charge < -0.3 is 4.74 Å². The van der Waals surface area contributed by atoms with E-state index in [0.717, 1.165) is 5.56 Å². The number of carbonyl (C=O) groups is 1. The van der Waals surface area contributed by atoms with E-state index in [1.807, 2.05) is 44.2 Å². The van der Waals surface area contributed by atoms with Gasteiger partial charge in [0.05, 0.1) is 6.61 Å². The Kier molecular flexibility index (Phi) is 5.18. The van der Waals surface area contributed by atoms with Crippen molar-refractivity contribution < 1.29 is 9.53 Å². The van der Waals surface area contributed by atoms with Gasteiger partial charge in [-0.2, -0.15) is 0 Å². The number of hydrogen-bond acceptors (Lipinski definition) is 2. The smallest absolute Gasteiger partial charge is 0.203 e. The lowest BCUT2D eigenvalue weighted by Gasteiger charge is -2.18. The Morgan fingerprint density at radius 1 is 1.22 bits per heavy atom. The van der Waals surface area contributed by atoms with Crippen molar-refractivity contribution in [3.05, 3.63) is 35.9 Å². The molecule has 0 spiro atoms. The molecule has 0 bridgehead atoms. The maximum absolute atomic E-state index is 10.6. The van der Waals surface area contributed by atoms with Crippen LogP contribution >= 0.6 is 0 Å². The Bertz CT molecular complexity index is 519. The first-order valence-electron chi connectivity index (χ1n) is 5.71. The number of benzene rings is 1. The molecule has 1 rings (SSSR count). The zero-order valence-corrected chi connectivity index (χ0v) is 10.9. The molecule has 0 fully saturated rings. The second-order valence-corrected chi connectivity index (χ2v) is 4.34. The van der Waals surface area contributed by atoms with E-state index in [2.05, 4.69) is 23.7 Å². The first kappa shape index (κ1) is 14.0. The van der Waals surface area contributed by atoms with Gasteiger partial charge in [-0.1, -0.05) is 36.3 Å². The molecular formula is C16H16O2. The lowest BCUT2D eigenvalue weighted by Crippen LogP contribution is -2.21. The number of carbonyl (C=O) groups excluding carboxylic acids is 1. The van der Waals surface area contributed by atoms with Crippen LogP contribution in [0.3, 0.4) is 0 Å². The van der Waals surface area contributed by atoms with Crippen LogP contribution in [0.1, 0.15) is 26.3 Å². The second kappa shape index (κ2) is 6.64. The van der Waals surface area contributed by atoms with E-state index in [1.165, 1.54) is 6.92 Å². The average Bonchev–Trinajstić information content (AvgIpc) is 2.34. The van der Waals surface area contributed by atoms with Crippen molar-refractivity contribution in [1.82, 2.24) is 0 Å². The van der Waals surface area contributed by atoms with Crippen LogP contribution in [0, 0.1) is 23.7 Å². The van der Waals surface area contributed by atoms with Gasteiger partial charge >= 0.3 is 0 Å². The van der Waals surface area contributed by atoms with E-state index >= 15 is 0 Å². The molecule has 0 heterocycles. The molecule has 0 aliphatic carbocycles. The fourth-order valence-electron chi connectivity index (χ4n) is 1.18. The number of Topliss-reactive ketones (excluding diaryl/α,β-unsaturated/α-hetero) is 1. The molecule has 0 aromatic heterocycles. The van der Waals surface area contributed by atoms with Crippen LogP contribution in [0.2, 0.25) is 0 Å². The molecule has 1 aromatic rings. The minimum atomic E-state index is -0.582. The summed E-state index contributed by atoms with van der Waals surface area (Å²) in [5.74, 6) is 10.2. The Balaban J connectivity index is 2.55. The minimum Gasteiger partial charge on any atom is -0.358 e. The maximum atomic E-state index is 10.6. The number of ether oxygens (including phenoxy) is 1. The van der Waals surface area contributed by atoms with E-state index in [4.69, 9.17) is 4.74 Å². The zero-order valence-electron chi connectivity index (χ0n) is 10.9. The van der Waals surface area contributed by atoms with Gasteiger partial charge in [0.1, 0.15) is 5.60 Å². The molecule has 0 atom stereocenters. The summed E-state index contributed by atoms with van der Waals surface area (Å²) in [4.78, 5) is 10.6. The van der Waals surface area contributed by atoms with Crippen molar-refractivity contribution in [1.29, 1.82) is 0 Å². The summed E-state index contributed by atoms with van der Waals surface area (Å²) in [5, 5.41) is 0. The van der Waals surface area contributed by atoms with Gasteiger partial charge in [-0.25, -0.2) is 0 Å². The molecule has 0 aliphatic heterocycles. The van der Waals surface area contributed by atoms with Gasteiger partial charge in [-0.3, -0.25) is 4.79 Å². The summed E-state index contributed by atoms with van der Waals surface area (Å²) in [5.41, 5.74) is 0.517. The Labute approximate surface area is 108 Å². The van der Waals surface area contributed by atoms with Crippen LogP contribution in [0.25, 0.3) is 0 Å². The average molecular weight is 240 g/mol. The van der Waals surface area contributed by atoms with Crippen LogP contribution < -0.4 is 0 Å². The van der Waals surface area contributed by atoms with Gasteiger partial charge in [0, 0.05) is 6.92 Å². The third-order valence-electron chi connectivity index (χ3n) is 2.11. The van der Waals surface area contributed by atoms with E-state index < -0.39 is 5.60 Å². The minimum absolute atomic E-state index is 0.188. The first-order chi connectivity index (χ1) is 8.49. The van der Waals surface area contributed by atoms with Gasteiger partial charge in [-0.15, -0.1) is 0 Å². The zero-order chi connectivity index (χ0) is 13.4. The third kappa shape index (κ3) is 5.89. The quantitative estimate of drug-likeness (QED) is 0.599. The molecule has 92 valence electrons. The molecule has 2 heteroatoms. The molecule has 0 amide bonds. The van der Waals surface area contributed by atoms with Gasteiger partial charge in [0.25, 0.3) is 0 Å². The number of hydrogen-bond donors (Lipinski definition) is 0. The molecule has 0 saturated carbocycles. The van der Waals surface area contributed by atoms with Crippen LogP contribution in [0.4, 0.5) is 0 Å². The van der Waals surface area contributed by atoms with Gasteiger partial charge in [-0.05, 0) is 37.2 Å². The van der Waals surface area contributed by atoms with Crippen LogP contribution in [0.15, 0.2) is 30.3 Å². The van der Waals surface area contributed by atoms with Gasteiger partial charge in [0.15, 0.2) is 0 Å². The molecular weight excluding hydrogens is 224 g/mol. The molecule has 0 unspecified atom stereocenters. The predicted octanol–water partition coefficient (Wildman–Crippen LogP) is 2.58. The van der Waals surface area contributed by atoms with Crippen molar-refractivity contribution in [2.75, 3.05) is 0 Å². The summed E-state index contributed by atoms with van der Waals surface area (Å²) < 4.78 is 5.70. The second-order valence-electron chi connectivity index (χ2n) is 4.34. The van der Waals surface area contributed by atoms with Crippen molar-refractivity contribution in [3.63, 3.8) is 0 Å². The standard InChI is InChI=1S/C16H16O2/c1-14(17)9-7-8-12-16(2,3)18-13-15-10-5-4-6-11-15/h4-6,10-11H,13H2,1-3H3. The van der Waals surface area contributed by atoms with E-state index in [-0.39, 0.29) is 5.78 Å². The van der Waals surface area contributed by atoms with E-state index in [0.29, 0.717) is 6.61 Å². The normalized spacial score (nSPS) is 9.72. The predicted molar refractivity (Wildman–Crippen MR) is 71.5 cm³/mol. The van der Waals surface area contributed by atoms with E-state index in [1.54, 1.807) is 0 Å². The maximum Gasteiger partial charge on any atom is 0.203 e. The molecule has 0 aliphatic rings. The van der Waals surface area contributed by atoms with E-state index in [9.17, 15) is 4.79 Å². The molecule has 1 aromatic carbocycles. The number of rotatable bonds is 3. The fraction of sp³-hybridized carbons (Fsp3) is 0.312. The third-order valence-corrected chi connectivity index (χ3v) is 2.11. The highest BCUT2D eigenvalue weighted by Gasteiger charge is 2.14. The lowest BCUT2D eigenvalue weighted by molar-refractivity contribution is -0.111. The summed E-state index contributed by atoms with van der Waals surface area (Å²) >= 11 is 0. The topological polar surface area (TPSA) is 26.3 Å². The SMILES string of the molecule is CC(=O)C#CC#CC(C)(C)OCc1ccccc1. The monoisotopic (exact) mass is 240 g/mol. The summed E-state index contributed by atoms with van der Waals surface area (Å²) in [6, 6.07) is 9.90. The fourth-order valence-corrected chi connectivity index (χ4v) is 1.18.